The highest BCUT2D eigenvalue weighted by atomic mass is 127. The van der Waals surface area contributed by atoms with Gasteiger partial charge in [0.15, 0.2) is 0 Å². The van der Waals surface area contributed by atoms with E-state index in [1.165, 1.54) is 12.1 Å². The first-order chi connectivity index (χ1) is 14.6. The molecule has 31 heavy (non-hydrogen) atoms. The zero-order valence-electron chi connectivity index (χ0n) is 17.6. The maximum absolute atomic E-state index is 12.9. The Hall–Kier alpha value is -1.84. The summed E-state index contributed by atoms with van der Waals surface area (Å²) in [6.07, 6.45) is -3.89. The molecule has 0 aromatic heterocycles. The van der Waals surface area contributed by atoms with Gasteiger partial charge in [-0.05, 0) is 77.2 Å². The molecule has 1 unspecified atom stereocenters. The summed E-state index contributed by atoms with van der Waals surface area (Å²) in [5, 5.41) is 0. The molecule has 0 heterocycles. The predicted molar refractivity (Wildman–Crippen MR) is 120 cm³/mol. The van der Waals surface area contributed by atoms with Gasteiger partial charge in [-0.3, -0.25) is 4.79 Å². The van der Waals surface area contributed by atoms with Crippen LogP contribution >= 0.6 is 22.6 Å². The van der Waals surface area contributed by atoms with Crippen molar-refractivity contribution in [3.8, 4) is 16.9 Å². The van der Waals surface area contributed by atoms with Crippen LogP contribution in [0, 0.1) is 9.49 Å². The molecule has 2 aromatic carbocycles. The highest BCUT2D eigenvalue weighted by Crippen LogP contribution is 2.40. The number of carbonyl (C=O) groups is 1. The van der Waals surface area contributed by atoms with Crippen LogP contribution in [0.5, 0.6) is 5.75 Å². The number of halogens is 5. The van der Waals surface area contributed by atoms with Crippen LogP contribution in [0.15, 0.2) is 36.4 Å². The Labute approximate surface area is 193 Å². The van der Waals surface area contributed by atoms with Crippen LogP contribution in [0.3, 0.4) is 0 Å². The van der Waals surface area contributed by atoms with E-state index in [4.69, 9.17) is 9.47 Å². The first-order valence-corrected chi connectivity index (χ1v) is 11.0. The Morgan fingerprint density at radius 1 is 1.13 bits per heavy atom. The third-order valence-corrected chi connectivity index (χ3v) is 5.44. The quantitative estimate of drug-likeness (QED) is 0.191. The first-order valence-electron chi connectivity index (χ1n) is 9.94. The van der Waals surface area contributed by atoms with Gasteiger partial charge in [-0.2, -0.15) is 13.2 Å². The van der Waals surface area contributed by atoms with Crippen molar-refractivity contribution in [3.63, 3.8) is 0 Å². The smallest absolute Gasteiger partial charge is 0.416 e. The fraction of sp³-hybridized carbons (Fsp3) is 0.435. The normalized spacial score (nSPS) is 12.7. The molecule has 0 aliphatic heterocycles. The maximum Gasteiger partial charge on any atom is 0.416 e. The van der Waals surface area contributed by atoms with E-state index in [0.29, 0.717) is 32.4 Å². The van der Waals surface area contributed by atoms with Gasteiger partial charge in [0.25, 0.3) is 0 Å². The van der Waals surface area contributed by atoms with Crippen LogP contribution in [0.1, 0.15) is 44.2 Å². The van der Waals surface area contributed by atoms with Crippen molar-refractivity contribution in [2.75, 3.05) is 19.9 Å². The Bertz CT molecular complexity index is 880. The van der Waals surface area contributed by atoms with Gasteiger partial charge in [0.1, 0.15) is 19.0 Å². The van der Waals surface area contributed by atoms with Crippen LogP contribution in [0.2, 0.25) is 0 Å². The molecule has 0 saturated carbocycles. The molecule has 0 bridgehead atoms. The second-order valence-electron chi connectivity index (χ2n) is 7.42. The number of esters is 1. The molecule has 0 N–H and O–H groups in total. The van der Waals surface area contributed by atoms with E-state index in [-0.39, 0.29) is 25.1 Å². The molecular formula is C23H25F4IO3. The maximum atomic E-state index is 12.9. The lowest BCUT2D eigenvalue weighted by atomic mass is 9.89. The van der Waals surface area contributed by atoms with E-state index in [0.717, 1.165) is 12.1 Å². The number of benzene rings is 2. The number of rotatable bonds is 9. The van der Waals surface area contributed by atoms with Crippen molar-refractivity contribution in [1.82, 2.24) is 0 Å². The summed E-state index contributed by atoms with van der Waals surface area (Å²) < 4.78 is 63.1. The minimum atomic E-state index is -4.44. The number of hydrogen-bond donors (Lipinski definition) is 0. The van der Waals surface area contributed by atoms with Crippen LogP contribution in [-0.2, 0) is 15.7 Å². The standard InChI is InChI=1S/C23H25F4IO3/c1-4-30-22(29)18(11-14(2)3)16-12-19(28)21(20(13-16)31-10-9-24)15-5-7-17(8-6-15)23(25,26)27/h5-8,12-14,18H,4,9-11H2,1-3H3. The van der Waals surface area contributed by atoms with Crippen LogP contribution < -0.4 is 4.74 Å². The summed E-state index contributed by atoms with van der Waals surface area (Å²) >= 11 is 2.06. The van der Waals surface area contributed by atoms with Crippen molar-refractivity contribution < 1.29 is 31.8 Å². The number of hydrogen-bond acceptors (Lipinski definition) is 3. The van der Waals surface area contributed by atoms with Gasteiger partial charge in [0.05, 0.1) is 18.1 Å². The molecule has 2 rings (SSSR count). The molecule has 3 nitrogen and oxygen atoms in total. The lowest BCUT2D eigenvalue weighted by Crippen LogP contribution is -2.18. The predicted octanol–water partition coefficient (Wildman–Crippen LogP) is 7.02. The van der Waals surface area contributed by atoms with Crippen LogP contribution in [0.4, 0.5) is 17.6 Å². The second-order valence-corrected chi connectivity index (χ2v) is 8.58. The molecule has 0 fully saturated rings. The second kappa shape index (κ2) is 11.2. The number of carbonyl (C=O) groups excluding carboxylic acids is 1. The van der Waals surface area contributed by atoms with Crippen molar-refractivity contribution >= 4 is 28.6 Å². The molecule has 170 valence electrons. The van der Waals surface area contributed by atoms with E-state index in [1.807, 2.05) is 13.8 Å². The third-order valence-electron chi connectivity index (χ3n) is 4.59. The molecule has 0 aliphatic carbocycles. The Morgan fingerprint density at radius 2 is 1.77 bits per heavy atom. The molecule has 0 aliphatic rings. The van der Waals surface area contributed by atoms with Gasteiger partial charge < -0.3 is 9.47 Å². The fourth-order valence-electron chi connectivity index (χ4n) is 3.25. The van der Waals surface area contributed by atoms with Crippen LogP contribution in [0.25, 0.3) is 11.1 Å². The highest BCUT2D eigenvalue weighted by Gasteiger charge is 2.30. The van der Waals surface area contributed by atoms with E-state index in [1.54, 1.807) is 19.1 Å². The Morgan fingerprint density at radius 3 is 2.29 bits per heavy atom. The van der Waals surface area contributed by atoms with Crippen molar-refractivity contribution in [3.05, 3.63) is 51.1 Å². The molecule has 1 atom stereocenters. The van der Waals surface area contributed by atoms with Gasteiger partial charge in [0.2, 0.25) is 0 Å². The average Bonchev–Trinajstić information content (AvgIpc) is 2.69. The van der Waals surface area contributed by atoms with Gasteiger partial charge in [-0.15, -0.1) is 0 Å². The topological polar surface area (TPSA) is 35.5 Å². The minimum Gasteiger partial charge on any atom is -0.490 e. The lowest BCUT2D eigenvalue weighted by Gasteiger charge is -2.21. The summed E-state index contributed by atoms with van der Waals surface area (Å²) in [6, 6.07) is 8.18. The van der Waals surface area contributed by atoms with E-state index < -0.39 is 24.3 Å². The monoisotopic (exact) mass is 552 g/mol. The van der Waals surface area contributed by atoms with Gasteiger partial charge >= 0.3 is 12.1 Å². The van der Waals surface area contributed by atoms with Crippen molar-refractivity contribution in [2.45, 2.75) is 39.3 Å². The van der Waals surface area contributed by atoms with Crippen LogP contribution in [-0.4, -0.2) is 25.9 Å². The summed E-state index contributed by atoms with van der Waals surface area (Å²) in [5.41, 5.74) is 0.975. The van der Waals surface area contributed by atoms with Gasteiger partial charge in [-0.1, -0.05) is 26.0 Å². The first kappa shape index (κ1) is 25.4. The summed E-state index contributed by atoms with van der Waals surface area (Å²) in [6.45, 7) is 5.04. The number of ether oxygens (including phenoxy) is 2. The molecule has 2 aromatic rings. The van der Waals surface area contributed by atoms with E-state index >= 15 is 0 Å². The Balaban J connectivity index is 2.56. The molecule has 0 amide bonds. The van der Waals surface area contributed by atoms with Gasteiger partial charge in [-0.25, -0.2) is 4.39 Å². The van der Waals surface area contributed by atoms with Gasteiger partial charge in [0, 0.05) is 9.13 Å². The lowest BCUT2D eigenvalue weighted by molar-refractivity contribution is -0.145. The average molecular weight is 552 g/mol. The summed E-state index contributed by atoms with van der Waals surface area (Å²) in [7, 11) is 0. The summed E-state index contributed by atoms with van der Waals surface area (Å²) in [4.78, 5) is 12.6. The highest BCUT2D eigenvalue weighted by molar-refractivity contribution is 14.1. The van der Waals surface area contributed by atoms with Crippen molar-refractivity contribution in [2.24, 2.45) is 5.92 Å². The Kier molecular flexibility index (Phi) is 9.14. The molecule has 8 heteroatoms. The zero-order chi connectivity index (χ0) is 23.2. The molecule has 0 radical (unpaired) electrons. The molecule has 0 spiro atoms. The number of alkyl halides is 4. The van der Waals surface area contributed by atoms with E-state index in [2.05, 4.69) is 22.6 Å². The zero-order valence-corrected chi connectivity index (χ0v) is 19.7. The minimum absolute atomic E-state index is 0.207. The van der Waals surface area contributed by atoms with Crippen molar-refractivity contribution in [1.29, 1.82) is 0 Å². The third kappa shape index (κ3) is 6.82. The molecular weight excluding hydrogens is 527 g/mol. The fourth-order valence-corrected chi connectivity index (χ4v) is 4.19. The van der Waals surface area contributed by atoms with E-state index in [9.17, 15) is 22.4 Å². The molecule has 0 saturated heterocycles. The largest absolute Gasteiger partial charge is 0.490 e. The summed E-state index contributed by atoms with van der Waals surface area (Å²) in [5.74, 6) is -0.345. The SMILES string of the molecule is CCOC(=O)C(CC(C)C)c1cc(I)c(-c2ccc(C(F)(F)F)cc2)c(OCCF)c1.